The molecule has 1 aliphatic carbocycles. The molecule has 0 atom stereocenters. The number of benzene rings is 1. The number of carbonyl (C=O) groups excluding carboxylic acids is 2. The molecule has 21 heavy (non-hydrogen) atoms. The van der Waals surface area contributed by atoms with E-state index in [9.17, 15) is 9.59 Å². The first kappa shape index (κ1) is 15.4. The Labute approximate surface area is 129 Å². The van der Waals surface area contributed by atoms with Gasteiger partial charge in [0.25, 0.3) is 5.91 Å². The minimum absolute atomic E-state index is 0.257. The van der Waals surface area contributed by atoms with Gasteiger partial charge in [0.15, 0.2) is 0 Å². The molecular formula is C16H17ClN2O2. The number of terminal acetylenes is 1. The van der Waals surface area contributed by atoms with Gasteiger partial charge in [0.05, 0.1) is 10.6 Å². The summed E-state index contributed by atoms with van der Waals surface area (Å²) >= 11 is 5.92. The van der Waals surface area contributed by atoms with Crippen LogP contribution in [0.25, 0.3) is 0 Å². The molecule has 2 N–H and O–H groups in total. The van der Waals surface area contributed by atoms with E-state index in [0.29, 0.717) is 5.02 Å². The minimum Gasteiger partial charge on any atom is -0.321 e. The highest BCUT2D eigenvalue weighted by atomic mass is 35.5. The van der Waals surface area contributed by atoms with Crippen LogP contribution in [-0.4, -0.2) is 17.5 Å². The van der Waals surface area contributed by atoms with Crippen molar-refractivity contribution in [2.75, 3.05) is 0 Å². The van der Waals surface area contributed by atoms with Crippen molar-refractivity contribution >= 4 is 23.5 Å². The second kappa shape index (κ2) is 6.64. The maximum Gasteiger partial charge on any atom is 0.322 e. The number of rotatable bonds is 2. The van der Waals surface area contributed by atoms with Gasteiger partial charge >= 0.3 is 6.03 Å². The third-order valence-corrected chi connectivity index (χ3v) is 4.01. The van der Waals surface area contributed by atoms with Crippen LogP contribution in [-0.2, 0) is 0 Å². The van der Waals surface area contributed by atoms with Crippen LogP contribution in [0.2, 0.25) is 5.02 Å². The molecule has 1 aromatic carbocycles. The molecule has 4 nitrogen and oxygen atoms in total. The van der Waals surface area contributed by atoms with Crippen molar-refractivity contribution in [3.63, 3.8) is 0 Å². The number of imide groups is 1. The zero-order chi connectivity index (χ0) is 15.3. The standard InChI is InChI=1S/C16H17ClN2O2/c1-2-16(10-6-3-7-11-16)19-15(21)18-14(20)12-8-4-5-9-13(12)17/h1,4-5,8-9H,3,6-7,10-11H2,(H2,18,19,20,21). The van der Waals surface area contributed by atoms with Crippen molar-refractivity contribution in [2.24, 2.45) is 0 Å². The Morgan fingerprint density at radius 1 is 1.19 bits per heavy atom. The predicted molar refractivity (Wildman–Crippen MR) is 82.1 cm³/mol. The normalized spacial score (nSPS) is 16.6. The topological polar surface area (TPSA) is 58.2 Å². The van der Waals surface area contributed by atoms with Crippen LogP contribution in [0, 0.1) is 12.3 Å². The lowest BCUT2D eigenvalue weighted by Gasteiger charge is -2.33. The molecule has 0 aliphatic heterocycles. The average Bonchev–Trinajstić information content (AvgIpc) is 2.48. The lowest BCUT2D eigenvalue weighted by atomic mass is 9.82. The Hall–Kier alpha value is -1.99. The molecule has 3 amide bonds. The maximum absolute atomic E-state index is 12.0. The first-order valence-corrected chi connectivity index (χ1v) is 7.30. The van der Waals surface area contributed by atoms with Gasteiger partial charge in [-0.2, -0.15) is 0 Å². The van der Waals surface area contributed by atoms with E-state index in [1.165, 1.54) is 0 Å². The summed E-state index contributed by atoms with van der Waals surface area (Å²) in [5.41, 5.74) is -0.393. The van der Waals surface area contributed by atoms with E-state index < -0.39 is 17.5 Å². The third-order valence-electron chi connectivity index (χ3n) is 3.68. The van der Waals surface area contributed by atoms with E-state index in [1.807, 2.05) is 0 Å². The van der Waals surface area contributed by atoms with Crippen LogP contribution in [0.1, 0.15) is 42.5 Å². The number of hydrogen-bond acceptors (Lipinski definition) is 2. The molecular weight excluding hydrogens is 288 g/mol. The largest absolute Gasteiger partial charge is 0.322 e. The molecule has 2 rings (SSSR count). The van der Waals surface area contributed by atoms with Crippen LogP contribution in [0.3, 0.4) is 0 Å². The summed E-state index contributed by atoms with van der Waals surface area (Å²) in [6.07, 6.45) is 10.1. The van der Waals surface area contributed by atoms with Crippen LogP contribution in [0.15, 0.2) is 24.3 Å². The molecule has 0 spiro atoms. The average molecular weight is 305 g/mol. The third kappa shape index (κ3) is 3.77. The number of hydrogen-bond donors (Lipinski definition) is 2. The number of amides is 3. The van der Waals surface area contributed by atoms with Gasteiger partial charge in [0.2, 0.25) is 0 Å². The molecule has 0 unspecified atom stereocenters. The van der Waals surface area contributed by atoms with E-state index in [4.69, 9.17) is 18.0 Å². The highest BCUT2D eigenvalue weighted by Gasteiger charge is 2.32. The minimum atomic E-state index is -0.650. The van der Waals surface area contributed by atoms with Gasteiger partial charge in [-0.3, -0.25) is 10.1 Å². The Morgan fingerprint density at radius 3 is 2.48 bits per heavy atom. The summed E-state index contributed by atoms with van der Waals surface area (Å²) in [5.74, 6) is 2.12. The summed E-state index contributed by atoms with van der Waals surface area (Å²) in [6.45, 7) is 0. The molecule has 1 fully saturated rings. The summed E-state index contributed by atoms with van der Waals surface area (Å²) in [6, 6.07) is 5.97. The quantitative estimate of drug-likeness (QED) is 0.825. The Balaban J connectivity index is 2.00. The van der Waals surface area contributed by atoms with Crippen LogP contribution < -0.4 is 10.6 Å². The predicted octanol–water partition coefficient (Wildman–Crippen LogP) is 3.12. The van der Waals surface area contributed by atoms with Gasteiger partial charge in [-0.05, 0) is 25.0 Å². The lowest BCUT2D eigenvalue weighted by Crippen LogP contribution is -2.53. The van der Waals surface area contributed by atoms with E-state index in [2.05, 4.69) is 16.6 Å². The molecule has 0 saturated heterocycles. The number of urea groups is 1. The van der Waals surface area contributed by atoms with Crippen LogP contribution in [0.5, 0.6) is 0 Å². The van der Waals surface area contributed by atoms with E-state index >= 15 is 0 Å². The monoisotopic (exact) mass is 304 g/mol. The first-order valence-electron chi connectivity index (χ1n) is 6.92. The number of halogens is 1. The molecule has 0 heterocycles. The fraction of sp³-hybridized carbons (Fsp3) is 0.375. The van der Waals surface area contributed by atoms with E-state index in [1.54, 1.807) is 24.3 Å². The highest BCUT2D eigenvalue weighted by molar-refractivity contribution is 6.34. The van der Waals surface area contributed by atoms with Crippen molar-refractivity contribution in [3.8, 4) is 12.3 Å². The summed E-state index contributed by atoms with van der Waals surface area (Å²) < 4.78 is 0. The van der Waals surface area contributed by atoms with Gasteiger partial charge in [-0.1, -0.05) is 48.9 Å². The van der Waals surface area contributed by atoms with Gasteiger partial charge < -0.3 is 5.32 Å². The van der Waals surface area contributed by atoms with Gasteiger partial charge in [0.1, 0.15) is 5.54 Å². The maximum atomic E-state index is 12.0. The second-order valence-corrected chi connectivity index (χ2v) is 5.58. The lowest BCUT2D eigenvalue weighted by molar-refractivity contribution is 0.0962. The van der Waals surface area contributed by atoms with Crippen LogP contribution in [0.4, 0.5) is 4.79 Å². The Morgan fingerprint density at radius 2 is 1.86 bits per heavy atom. The molecule has 110 valence electrons. The van der Waals surface area contributed by atoms with E-state index in [-0.39, 0.29) is 5.56 Å². The Bertz CT molecular complexity index is 586. The van der Waals surface area contributed by atoms with Gasteiger partial charge in [0, 0.05) is 0 Å². The fourth-order valence-electron chi connectivity index (χ4n) is 2.53. The summed E-state index contributed by atoms with van der Waals surface area (Å²) in [7, 11) is 0. The SMILES string of the molecule is C#CC1(NC(=O)NC(=O)c2ccccc2Cl)CCCCC1. The van der Waals surface area contributed by atoms with Crippen molar-refractivity contribution in [1.29, 1.82) is 0 Å². The molecule has 0 bridgehead atoms. The molecule has 0 radical (unpaired) electrons. The van der Waals surface area contributed by atoms with Crippen LogP contribution >= 0.6 is 11.6 Å². The zero-order valence-corrected chi connectivity index (χ0v) is 12.4. The summed E-state index contributed by atoms with van der Waals surface area (Å²) in [5, 5.41) is 5.32. The molecule has 1 aliphatic rings. The van der Waals surface area contributed by atoms with Crippen molar-refractivity contribution in [1.82, 2.24) is 10.6 Å². The summed E-state index contributed by atoms with van der Waals surface area (Å²) in [4.78, 5) is 24.0. The second-order valence-electron chi connectivity index (χ2n) is 5.18. The fourth-order valence-corrected chi connectivity index (χ4v) is 2.75. The van der Waals surface area contributed by atoms with E-state index in [0.717, 1.165) is 32.1 Å². The highest BCUT2D eigenvalue weighted by Crippen LogP contribution is 2.27. The van der Waals surface area contributed by atoms with Gasteiger partial charge in [-0.25, -0.2) is 4.79 Å². The molecule has 5 heteroatoms. The van der Waals surface area contributed by atoms with Gasteiger partial charge in [-0.15, -0.1) is 6.42 Å². The smallest absolute Gasteiger partial charge is 0.321 e. The van der Waals surface area contributed by atoms with Crippen molar-refractivity contribution < 1.29 is 9.59 Å². The molecule has 1 saturated carbocycles. The van der Waals surface area contributed by atoms with Crippen molar-refractivity contribution in [2.45, 2.75) is 37.6 Å². The number of carbonyl (C=O) groups is 2. The first-order chi connectivity index (χ1) is 10.1. The Kier molecular flexibility index (Phi) is 4.87. The van der Waals surface area contributed by atoms with Crippen molar-refractivity contribution in [3.05, 3.63) is 34.9 Å². The number of nitrogens with one attached hydrogen (secondary N) is 2. The zero-order valence-electron chi connectivity index (χ0n) is 11.6. The molecule has 1 aromatic rings. The molecule has 0 aromatic heterocycles.